The maximum absolute atomic E-state index is 13.4. The molecule has 2 N–H and O–H groups in total. The molecule has 2 rings (SSSR count). The van der Waals surface area contributed by atoms with E-state index >= 15 is 0 Å². The Labute approximate surface area is 110 Å². The molecule has 19 heavy (non-hydrogen) atoms. The van der Waals surface area contributed by atoms with Gasteiger partial charge in [-0.2, -0.15) is 0 Å². The van der Waals surface area contributed by atoms with Crippen molar-refractivity contribution in [1.82, 2.24) is 5.32 Å². The minimum absolute atomic E-state index is 0.0347. The maximum atomic E-state index is 13.4. The van der Waals surface area contributed by atoms with Crippen molar-refractivity contribution in [3.8, 4) is 0 Å². The summed E-state index contributed by atoms with van der Waals surface area (Å²) in [4.78, 5) is 11.8. The number of carbonyl (C=O) groups is 1. The molecule has 1 aromatic rings. The van der Waals surface area contributed by atoms with E-state index < -0.39 is 29.2 Å². The van der Waals surface area contributed by atoms with Crippen LogP contribution < -0.4 is 5.32 Å². The van der Waals surface area contributed by atoms with Crippen LogP contribution in [0.15, 0.2) is 18.2 Å². The summed E-state index contributed by atoms with van der Waals surface area (Å²) in [6.45, 7) is 0.244. The molecule has 0 bridgehead atoms. The smallest absolute Gasteiger partial charge is 0.257 e. The molecule has 1 amide bonds. The number of nitrogens with one attached hydrogen (secondary N) is 1. The molecule has 2 unspecified atom stereocenters. The van der Waals surface area contributed by atoms with E-state index in [1.54, 1.807) is 0 Å². The monoisotopic (exact) mass is 269 g/mol. The van der Waals surface area contributed by atoms with Gasteiger partial charge in [-0.3, -0.25) is 4.79 Å². The van der Waals surface area contributed by atoms with Crippen molar-refractivity contribution in [2.75, 3.05) is 6.54 Å². The minimum Gasteiger partial charge on any atom is -0.393 e. The molecular formula is C14H17F2NO2. The Morgan fingerprint density at radius 2 is 1.89 bits per heavy atom. The van der Waals surface area contributed by atoms with E-state index in [4.69, 9.17) is 0 Å². The van der Waals surface area contributed by atoms with Gasteiger partial charge >= 0.3 is 0 Å². The number of halogens is 2. The molecule has 3 nitrogen and oxygen atoms in total. The minimum atomic E-state index is -0.873. The lowest BCUT2D eigenvalue weighted by Gasteiger charge is -2.27. The lowest BCUT2D eigenvalue weighted by atomic mass is 9.86. The predicted molar refractivity (Wildman–Crippen MR) is 66.7 cm³/mol. The van der Waals surface area contributed by atoms with Gasteiger partial charge in [0.05, 0.1) is 6.10 Å². The van der Waals surface area contributed by atoms with Crippen molar-refractivity contribution in [2.24, 2.45) is 5.92 Å². The van der Waals surface area contributed by atoms with Crippen LogP contribution in [0.1, 0.15) is 36.0 Å². The van der Waals surface area contributed by atoms with E-state index in [2.05, 4.69) is 5.32 Å². The van der Waals surface area contributed by atoms with Gasteiger partial charge < -0.3 is 10.4 Å². The molecule has 5 heteroatoms. The van der Waals surface area contributed by atoms with Crippen molar-refractivity contribution >= 4 is 5.91 Å². The van der Waals surface area contributed by atoms with Crippen LogP contribution in [-0.2, 0) is 0 Å². The zero-order valence-corrected chi connectivity index (χ0v) is 10.5. The molecule has 0 aromatic heterocycles. The number of rotatable bonds is 3. The highest BCUT2D eigenvalue weighted by Gasteiger charge is 2.24. The van der Waals surface area contributed by atoms with Gasteiger partial charge in [-0.25, -0.2) is 8.78 Å². The third kappa shape index (κ3) is 3.29. The summed E-state index contributed by atoms with van der Waals surface area (Å²) in [5, 5.41) is 12.3. The Morgan fingerprint density at radius 3 is 2.53 bits per heavy atom. The molecule has 1 aliphatic rings. The van der Waals surface area contributed by atoms with Crippen LogP contribution in [-0.4, -0.2) is 23.7 Å². The van der Waals surface area contributed by atoms with Crippen LogP contribution >= 0.6 is 0 Å². The van der Waals surface area contributed by atoms with Crippen molar-refractivity contribution in [3.63, 3.8) is 0 Å². The Balaban J connectivity index is 1.97. The summed E-state index contributed by atoms with van der Waals surface area (Å²) in [6, 6.07) is 3.31. The average molecular weight is 269 g/mol. The van der Waals surface area contributed by atoms with Crippen LogP contribution in [0.4, 0.5) is 8.78 Å². The van der Waals surface area contributed by atoms with Crippen LogP contribution in [0.3, 0.4) is 0 Å². The first-order valence-electron chi connectivity index (χ1n) is 6.50. The normalized spacial score (nSPS) is 23.1. The van der Waals surface area contributed by atoms with E-state index in [0.717, 1.165) is 31.4 Å². The fraction of sp³-hybridized carbons (Fsp3) is 0.500. The zero-order chi connectivity index (χ0) is 13.8. The van der Waals surface area contributed by atoms with Gasteiger partial charge in [0.2, 0.25) is 0 Å². The van der Waals surface area contributed by atoms with Crippen LogP contribution in [0.25, 0.3) is 0 Å². The molecule has 0 radical (unpaired) electrons. The van der Waals surface area contributed by atoms with Gasteiger partial charge in [-0.1, -0.05) is 18.9 Å². The molecule has 104 valence electrons. The second kappa shape index (κ2) is 6.10. The highest BCUT2D eigenvalue weighted by atomic mass is 19.1. The van der Waals surface area contributed by atoms with E-state index in [0.29, 0.717) is 6.42 Å². The van der Waals surface area contributed by atoms with Crippen molar-refractivity contribution < 1.29 is 18.7 Å². The standard InChI is InChI=1S/C14H17F2NO2/c15-10-5-3-6-11(16)13(10)14(19)17-8-9-4-1-2-7-12(9)18/h3,5-6,9,12,18H,1-2,4,7-8H2,(H,17,19). The Morgan fingerprint density at radius 1 is 1.26 bits per heavy atom. The summed E-state index contributed by atoms with van der Waals surface area (Å²) in [6.07, 6.45) is 3.08. The van der Waals surface area contributed by atoms with Crippen molar-refractivity contribution in [2.45, 2.75) is 31.8 Å². The molecule has 1 fully saturated rings. The fourth-order valence-corrected chi connectivity index (χ4v) is 2.45. The lowest BCUT2D eigenvalue weighted by Crippen LogP contribution is -2.37. The van der Waals surface area contributed by atoms with Gasteiger partial charge in [-0.15, -0.1) is 0 Å². The van der Waals surface area contributed by atoms with Crippen molar-refractivity contribution in [3.05, 3.63) is 35.4 Å². The van der Waals surface area contributed by atoms with Gasteiger partial charge in [0.15, 0.2) is 0 Å². The zero-order valence-electron chi connectivity index (χ0n) is 10.5. The summed E-state index contributed by atoms with van der Waals surface area (Å²) >= 11 is 0. The third-order valence-corrected chi connectivity index (χ3v) is 3.58. The topological polar surface area (TPSA) is 49.3 Å². The molecule has 2 atom stereocenters. The largest absolute Gasteiger partial charge is 0.393 e. The summed E-state index contributed by atoms with van der Waals surface area (Å²) < 4.78 is 26.8. The first-order chi connectivity index (χ1) is 9.09. The number of benzene rings is 1. The van der Waals surface area contributed by atoms with E-state index in [9.17, 15) is 18.7 Å². The Bertz CT molecular complexity index is 445. The number of amides is 1. The average Bonchev–Trinajstić information content (AvgIpc) is 2.37. The second-order valence-electron chi connectivity index (χ2n) is 4.92. The van der Waals surface area contributed by atoms with Crippen LogP contribution in [0, 0.1) is 17.6 Å². The van der Waals surface area contributed by atoms with Gasteiger partial charge in [0, 0.05) is 12.5 Å². The van der Waals surface area contributed by atoms with E-state index in [1.165, 1.54) is 6.07 Å². The first kappa shape index (κ1) is 13.9. The van der Waals surface area contributed by atoms with Crippen LogP contribution in [0.5, 0.6) is 0 Å². The fourth-order valence-electron chi connectivity index (χ4n) is 2.45. The van der Waals surface area contributed by atoms with Crippen molar-refractivity contribution in [1.29, 1.82) is 0 Å². The highest BCUT2D eigenvalue weighted by molar-refractivity contribution is 5.94. The quantitative estimate of drug-likeness (QED) is 0.884. The SMILES string of the molecule is O=C(NCC1CCCCC1O)c1c(F)cccc1F. The number of hydrogen-bond acceptors (Lipinski definition) is 2. The molecule has 1 aromatic carbocycles. The predicted octanol–water partition coefficient (Wildman–Crippen LogP) is 2.25. The molecule has 1 aliphatic carbocycles. The van der Waals surface area contributed by atoms with Crippen LogP contribution in [0.2, 0.25) is 0 Å². The third-order valence-electron chi connectivity index (χ3n) is 3.58. The van der Waals surface area contributed by atoms with Gasteiger partial charge in [-0.05, 0) is 25.0 Å². The summed E-state index contributed by atoms with van der Waals surface area (Å²) in [7, 11) is 0. The Kier molecular flexibility index (Phi) is 4.47. The molecule has 0 spiro atoms. The van der Waals surface area contributed by atoms with Gasteiger partial charge in [0.25, 0.3) is 5.91 Å². The summed E-state index contributed by atoms with van der Waals surface area (Å²) in [5.41, 5.74) is -0.562. The molecule has 0 saturated heterocycles. The number of aliphatic hydroxyl groups excluding tert-OH is 1. The van der Waals surface area contributed by atoms with Gasteiger partial charge in [0.1, 0.15) is 17.2 Å². The Hall–Kier alpha value is -1.49. The molecular weight excluding hydrogens is 252 g/mol. The van der Waals surface area contributed by atoms with E-state index in [-0.39, 0.29) is 12.5 Å². The molecule has 1 saturated carbocycles. The number of aliphatic hydroxyl groups is 1. The number of hydrogen-bond donors (Lipinski definition) is 2. The van der Waals surface area contributed by atoms with E-state index in [1.807, 2.05) is 0 Å². The molecule has 0 aliphatic heterocycles. The number of carbonyl (C=O) groups excluding carboxylic acids is 1. The lowest BCUT2D eigenvalue weighted by molar-refractivity contribution is 0.0661. The maximum Gasteiger partial charge on any atom is 0.257 e. The highest BCUT2D eigenvalue weighted by Crippen LogP contribution is 2.23. The molecule has 0 heterocycles. The second-order valence-corrected chi connectivity index (χ2v) is 4.92. The summed E-state index contributed by atoms with van der Waals surface area (Å²) in [5.74, 6) is -2.55. The first-order valence-corrected chi connectivity index (χ1v) is 6.50.